The first-order valence-electron chi connectivity index (χ1n) is 9.74. The number of carbonyl (C=O) groups is 3. The second-order valence-electron chi connectivity index (χ2n) is 7.35. The van der Waals surface area contributed by atoms with E-state index in [1.54, 1.807) is 12.1 Å². The molecular weight excluding hydrogens is 453 g/mol. The average Bonchev–Trinajstić information content (AvgIpc) is 3.39. The molecule has 2 N–H and O–H groups in total. The monoisotopic (exact) mass is 471 g/mol. The minimum absolute atomic E-state index is 0.0922. The Kier molecular flexibility index (Phi) is 5.83. The Labute approximate surface area is 188 Å². The second kappa shape index (κ2) is 8.60. The lowest BCUT2D eigenvalue weighted by molar-refractivity contribution is -0.122. The van der Waals surface area contributed by atoms with E-state index in [-0.39, 0.29) is 29.1 Å². The molecule has 3 aromatic rings. The number of hydrogen-bond acceptors (Lipinski definition) is 6. The van der Waals surface area contributed by atoms with Gasteiger partial charge in [-0.15, -0.1) is 0 Å². The predicted molar refractivity (Wildman–Crippen MR) is 114 cm³/mol. The van der Waals surface area contributed by atoms with Gasteiger partial charge in [0.1, 0.15) is 17.6 Å². The molecule has 2 heterocycles. The van der Waals surface area contributed by atoms with Gasteiger partial charge in [-0.1, -0.05) is 0 Å². The van der Waals surface area contributed by atoms with E-state index in [0.29, 0.717) is 5.76 Å². The van der Waals surface area contributed by atoms with Crippen LogP contribution in [0.1, 0.15) is 22.5 Å². The molecule has 11 heteroatoms. The molecule has 4 rings (SSSR count). The van der Waals surface area contributed by atoms with Crippen LogP contribution in [0.2, 0.25) is 0 Å². The highest BCUT2D eigenvalue weighted by molar-refractivity contribution is 7.89. The van der Waals surface area contributed by atoms with Crippen LogP contribution in [0, 0.1) is 5.82 Å². The van der Waals surface area contributed by atoms with Gasteiger partial charge in [0.2, 0.25) is 15.9 Å². The fourth-order valence-electron chi connectivity index (χ4n) is 3.57. The van der Waals surface area contributed by atoms with E-state index >= 15 is 0 Å². The fourth-order valence-corrected chi connectivity index (χ4v) is 4.08. The molecule has 170 valence electrons. The maximum absolute atomic E-state index is 13.3. The summed E-state index contributed by atoms with van der Waals surface area (Å²) in [5.41, 5.74) is 0.284. The van der Waals surface area contributed by atoms with Crippen molar-refractivity contribution in [1.82, 2.24) is 4.90 Å². The highest BCUT2D eigenvalue weighted by atomic mass is 32.2. The number of nitrogens with two attached hydrogens (primary N) is 1. The summed E-state index contributed by atoms with van der Waals surface area (Å²) in [5, 5.41) is 5.09. The highest BCUT2D eigenvalue weighted by Crippen LogP contribution is 2.28. The number of furan rings is 1. The van der Waals surface area contributed by atoms with Gasteiger partial charge in [0.15, 0.2) is 0 Å². The Morgan fingerprint density at radius 1 is 1.09 bits per heavy atom. The van der Waals surface area contributed by atoms with Crippen molar-refractivity contribution in [3.8, 4) is 0 Å². The standard InChI is InChI=1S/C22H18FN3O6S/c23-15-5-3-14(4-6-15)21(28)25(13-17-2-1-11-32-17)19-12-20(27)26(22(19)29)16-7-9-18(10-8-16)33(24,30)31/h1-11,19H,12-13H2,(H2,24,30,31). The van der Waals surface area contributed by atoms with Crippen LogP contribution >= 0.6 is 0 Å². The van der Waals surface area contributed by atoms with Crippen LogP contribution in [-0.2, 0) is 26.2 Å². The van der Waals surface area contributed by atoms with E-state index in [4.69, 9.17) is 9.56 Å². The second-order valence-corrected chi connectivity index (χ2v) is 8.91. The van der Waals surface area contributed by atoms with E-state index in [1.807, 2.05) is 0 Å². The molecule has 1 fully saturated rings. The number of primary sulfonamides is 1. The molecule has 1 unspecified atom stereocenters. The van der Waals surface area contributed by atoms with Gasteiger partial charge in [-0.2, -0.15) is 0 Å². The van der Waals surface area contributed by atoms with Gasteiger partial charge >= 0.3 is 0 Å². The largest absolute Gasteiger partial charge is 0.467 e. The van der Waals surface area contributed by atoms with Gasteiger partial charge in [0.25, 0.3) is 11.8 Å². The van der Waals surface area contributed by atoms with Crippen LogP contribution in [0.25, 0.3) is 0 Å². The third-order valence-electron chi connectivity index (χ3n) is 5.18. The fraction of sp³-hybridized carbons (Fsp3) is 0.136. The summed E-state index contributed by atoms with van der Waals surface area (Å²) in [7, 11) is -3.95. The molecule has 0 bridgehead atoms. The van der Waals surface area contributed by atoms with Crippen LogP contribution in [0.4, 0.5) is 10.1 Å². The van der Waals surface area contributed by atoms with Crippen molar-refractivity contribution < 1.29 is 31.6 Å². The maximum Gasteiger partial charge on any atom is 0.257 e. The lowest BCUT2D eigenvalue weighted by Gasteiger charge is -2.27. The molecule has 1 aromatic heterocycles. The third-order valence-corrected chi connectivity index (χ3v) is 6.11. The number of halogens is 1. The van der Waals surface area contributed by atoms with Crippen molar-refractivity contribution in [2.75, 3.05) is 4.90 Å². The quantitative estimate of drug-likeness (QED) is 0.548. The number of rotatable bonds is 6. The minimum atomic E-state index is -3.95. The number of sulfonamides is 1. The molecule has 1 aliphatic rings. The molecule has 3 amide bonds. The van der Waals surface area contributed by atoms with Gasteiger partial charge in [0, 0.05) is 5.56 Å². The maximum atomic E-state index is 13.3. The van der Waals surface area contributed by atoms with Gasteiger partial charge in [-0.25, -0.2) is 22.8 Å². The zero-order valence-corrected chi connectivity index (χ0v) is 17.9. The van der Waals surface area contributed by atoms with Crippen LogP contribution < -0.4 is 10.0 Å². The SMILES string of the molecule is NS(=O)(=O)c1ccc(N2C(=O)CC(N(Cc3ccco3)C(=O)c3ccc(F)cc3)C2=O)cc1. The van der Waals surface area contributed by atoms with E-state index in [1.165, 1.54) is 47.6 Å². The molecular formula is C22H18FN3O6S. The van der Waals surface area contributed by atoms with E-state index < -0.39 is 39.6 Å². The van der Waals surface area contributed by atoms with Crippen molar-refractivity contribution in [3.05, 3.63) is 84.1 Å². The van der Waals surface area contributed by atoms with E-state index in [0.717, 1.165) is 17.0 Å². The highest BCUT2D eigenvalue weighted by Gasteiger charge is 2.44. The summed E-state index contributed by atoms with van der Waals surface area (Å²) < 4.78 is 41.6. The van der Waals surface area contributed by atoms with Crippen LogP contribution in [-0.4, -0.2) is 37.1 Å². The summed E-state index contributed by atoms with van der Waals surface area (Å²) >= 11 is 0. The Morgan fingerprint density at radius 3 is 2.33 bits per heavy atom. The van der Waals surface area contributed by atoms with Crippen LogP contribution in [0.15, 0.2) is 76.2 Å². The first-order chi connectivity index (χ1) is 15.6. The zero-order chi connectivity index (χ0) is 23.8. The number of hydrogen-bond donors (Lipinski definition) is 1. The van der Waals surface area contributed by atoms with Crippen LogP contribution in [0.5, 0.6) is 0 Å². The zero-order valence-electron chi connectivity index (χ0n) is 17.0. The summed E-state index contributed by atoms with van der Waals surface area (Å²) in [6, 6.07) is 11.9. The lowest BCUT2D eigenvalue weighted by Crippen LogP contribution is -2.45. The molecule has 1 saturated heterocycles. The van der Waals surface area contributed by atoms with Gasteiger partial charge in [0.05, 0.1) is 29.8 Å². The van der Waals surface area contributed by atoms with E-state index in [2.05, 4.69) is 0 Å². The van der Waals surface area contributed by atoms with Crippen molar-refractivity contribution in [2.45, 2.75) is 23.9 Å². The Morgan fingerprint density at radius 2 is 1.76 bits per heavy atom. The van der Waals surface area contributed by atoms with Gasteiger partial charge in [-0.3, -0.25) is 14.4 Å². The number of benzene rings is 2. The van der Waals surface area contributed by atoms with Gasteiger partial charge < -0.3 is 9.32 Å². The minimum Gasteiger partial charge on any atom is -0.467 e. The number of imide groups is 1. The molecule has 0 aliphatic carbocycles. The van der Waals surface area contributed by atoms with Crippen molar-refractivity contribution in [1.29, 1.82) is 0 Å². The summed E-state index contributed by atoms with van der Waals surface area (Å²) in [4.78, 5) is 41.1. The number of anilines is 1. The summed E-state index contributed by atoms with van der Waals surface area (Å²) in [6.07, 6.45) is 1.13. The Bertz CT molecular complexity index is 1310. The number of nitrogens with zero attached hydrogens (tertiary/aromatic N) is 2. The predicted octanol–water partition coefficient (Wildman–Crippen LogP) is 2.04. The first-order valence-corrected chi connectivity index (χ1v) is 11.3. The third kappa shape index (κ3) is 4.54. The topological polar surface area (TPSA) is 131 Å². The van der Waals surface area contributed by atoms with E-state index in [9.17, 15) is 27.2 Å². The average molecular weight is 471 g/mol. The molecule has 33 heavy (non-hydrogen) atoms. The Balaban J connectivity index is 1.66. The Hall–Kier alpha value is -3.83. The summed E-state index contributed by atoms with van der Waals surface area (Å²) in [5.74, 6) is -1.94. The van der Waals surface area contributed by atoms with Crippen molar-refractivity contribution in [3.63, 3.8) is 0 Å². The number of amides is 3. The normalized spacial score (nSPS) is 16.3. The first kappa shape index (κ1) is 22.4. The van der Waals surface area contributed by atoms with Crippen molar-refractivity contribution >= 4 is 33.4 Å². The smallest absolute Gasteiger partial charge is 0.257 e. The number of carbonyl (C=O) groups excluding carboxylic acids is 3. The van der Waals surface area contributed by atoms with Crippen LogP contribution in [0.3, 0.4) is 0 Å². The van der Waals surface area contributed by atoms with Crippen molar-refractivity contribution in [2.24, 2.45) is 5.14 Å². The van der Waals surface area contributed by atoms with Gasteiger partial charge in [-0.05, 0) is 60.7 Å². The lowest BCUT2D eigenvalue weighted by atomic mass is 10.1. The molecule has 9 nitrogen and oxygen atoms in total. The summed E-state index contributed by atoms with van der Waals surface area (Å²) in [6.45, 7) is -0.0922. The molecule has 0 radical (unpaired) electrons. The molecule has 0 spiro atoms. The molecule has 2 aromatic carbocycles. The molecule has 1 atom stereocenters. The molecule has 1 aliphatic heterocycles. The molecule has 0 saturated carbocycles.